The van der Waals surface area contributed by atoms with Crippen LogP contribution in [0.1, 0.15) is 42.6 Å². The van der Waals surface area contributed by atoms with Gasteiger partial charge in [-0.05, 0) is 33.3 Å². The molecule has 134 valence electrons. The zero-order valence-corrected chi connectivity index (χ0v) is 15.8. The van der Waals surface area contributed by atoms with Crippen LogP contribution in [0.2, 0.25) is 0 Å². The Morgan fingerprint density at radius 2 is 1.73 bits per heavy atom. The molecule has 0 bridgehead atoms. The molecule has 0 aliphatic carbocycles. The number of aromatic nitrogens is 1. The number of nitrogens with one attached hydrogen (secondary N) is 1. The van der Waals surface area contributed by atoms with Gasteiger partial charge in [0.15, 0.2) is 0 Å². The highest BCUT2D eigenvalue weighted by Gasteiger charge is 2.25. The van der Waals surface area contributed by atoms with Gasteiger partial charge in [-0.1, -0.05) is 35.0 Å². The molecular formula is C19H19N3O3S. The second-order valence-corrected chi connectivity index (χ2v) is 7.35. The van der Waals surface area contributed by atoms with Gasteiger partial charge in [-0.25, -0.2) is 0 Å². The fourth-order valence-corrected chi connectivity index (χ4v) is 3.99. The first-order valence-electron chi connectivity index (χ1n) is 8.04. The third kappa shape index (κ3) is 3.13. The van der Waals surface area contributed by atoms with E-state index in [9.17, 15) is 9.59 Å². The summed E-state index contributed by atoms with van der Waals surface area (Å²) < 4.78 is 5.04. The van der Waals surface area contributed by atoms with Crippen LogP contribution in [0, 0.1) is 27.7 Å². The first-order valence-corrected chi connectivity index (χ1v) is 8.85. The molecule has 6 nitrogen and oxygen atoms in total. The molecule has 1 aromatic carbocycles. The van der Waals surface area contributed by atoms with Crippen molar-refractivity contribution >= 4 is 28.2 Å². The molecule has 0 spiro atoms. The van der Waals surface area contributed by atoms with Gasteiger partial charge in [0.2, 0.25) is 0 Å². The molecule has 2 aromatic heterocycles. The van der Waals surface area contributed by atoms with Crippen LogP contribution in [0.15, 0.2) is 28.8 Å². The second-order valence-electron chi connectivity index (χ2n) is 6.12. The van der Waals surface area contributed by atoms with E-state index in [2.05, 4.69) is 10.5 Å². The monoisotopic (exact) mass is 369 g/mol. The number of nitrogens with two attached hydrogens (primary N) is 1. The normalized spacial score (nSPS) is 10.8. The summed E-state index contributed by atoms with van der Waals surface area (Å²) in [6.07, 6.45) is 0. The molecule has 3 aromatic rings. The minimum absolute atomic E-state index is 0.316. The molecule has 2 heterocycles. The predicted molar refractivity (Wildman–Crippen MR) is 102 cm³/mol. The minimum Gasteiger partial charge on any atom is -0.365 e. The van der Waals surface area contributed by atoms with Gasteiger partial charge in [0, 0.05) is 10.4 Å². The molecular weight excluding hydrogens is 350 g/mol. The first-order chi connectivity index (χ1) is 12.3. The lowest BCUT2D eigenvalue weighted by Crippen LogP contribution is -2.18. The summed E-state index contributed by atoms with van der Waals surface area (Å²) >= 11 is 1.32. The van der Waals surface area contributed by atoms with Crippen molar-refractivity contribution in [1.29, 1.82) is 0 Å². The van der Waals surface area contributed by atoms with Crippen molar-refractivity contribution in [2.24, 2.45) is 5.73 Å². The third-order valence-electron chi connectivity index (χ3n) is 4.16. The van der Waals surface area contributed by atoms with E-state index in [-0.39, 0.29) is 5.91 Å². The number of hydrogen-bond donors (Lipinski definition) is 2. The molecule has 0 fully saturated rings. The number of thiophene rings is 1. The molecule has 0 saturated heterocycles. The summed E-state index contributed by atoms with van der Waals surface area (Å²) in [6, 6.07) is 7.83. The number of carbonyl (C=O) groups is 2. The molecule has 0 saturated carbocycles. The number of nitrogens with zero attached hydrogens (tertiary/aromatic N) is 1. The average Bonchev–Trinajstić information content (AvgIpc) is 3.07. The lowest BCUT2D eigenvalue weighted by molar-refractivity contribution is 0.100. The topological polar surface area (TPSA) is 98.2 Å². The number of hydrogen-bond acceptors (Lipinski definition) is 5. The van der Waals surface area contributed by atoms with Gasteiger partial charge in [0.1, 0.15) is 16.3 Å². The largest absolute Gasteiger partial charge is 0.365 e. The number of carbonyl (C=O) groups excluding carboxylic acids is 2. The summed E-state index contributed by atoms with van der Waals surface area (Å²) in [5, 5.41) is 7.01. The van der Waals surface area contributed by atoms with E-state index in [0.29, 0.717) is 27.6 Å². The SMILES string of the molecule is Cc1ccc(-c2c(C)sc(NC(=O)c3c(C)noc3C)c2C(N)=O)cc1. The van der Waals surface area contributed by atoms with Crippen molar-refractivity contribution in [1.82, 2.24) is 5.16 Å². The van der Waals surface area contributed by atoms with Crippen LogP contribution >= 0.6 is 11.3 Å². The van der Waals surface area contributed by atoms with Crippen molar-refractivity contribution in [3.8, 4) is 11.1 Å². The van der Waals surface area contributed by atoms with E-state index >= 15 is 0 Å². The van der Waals surface area contributed by atoms with Crippen molar-refractivity contribution in [2.75, 3.05) is 5.32 Å². The van der Waals surface area contributed by atoms with Gasteiger partial charge in [0.25, 0.3) is 11.8 Å². The Bertz CT molecular complexity index is 980. The van der Waals surface area contributed by atoms with Gasteiger partial charge < -0.3 is 15.6 Å². The van der Waals surface area contributed by atoms with Crippen LogP contribution in [0.3, 0.4) is 0 Å². The van der Waals surface area contributed by atoms with Crippen molar-refractivity contribution < 1.29 is 14.1 Å². The summed E-state index contributed by atoms with van der Waals surface area (Å²) in [7, 11) is 0. The van der Waals surface area contributed by atoms with Gasteiger partial charge >= 0.3 is 0 Å². The summed E-state index contributed by atoms with van der Waals surface area (Å²) in [6.45, 7) is 7.26. The highest BCUT2D eigenvalue weighted by atomic mass is 32.1. The van der Waals surface area contributed by atoms with Gasteiger partial charge in [-0.3, -0.25) is 9.59 Å². The van der Waals surface area contributed by atoms with Crippen LogP contribution in [0.5, 0.6) is 0 Å². The Hall–Kier alpha value is -2.93. The van der Waals surface area contributed by atoms with E-state index in [1.54, 1.807) is 13.8 Å². The number of amides is 2. The van der Waals surface area contributed by atoms with Gasteiger partial charge in [-0.15, -0.1) is 11.3 Å². The smallest absolute Gasteiger partial charge is 0.261 e. The van der Waals surface area contributed by atoms with Gasteiger partial charge in [-0.2, -0.15) is 0 Å². The van der Waals surface area contributed by atoms with E-state index in [1.165, 1.54) is 11.3 Å². The molecule has 0 unspecified atom stereocenters. The minimum atomic E-state index is -0.584. The molecule has 0 radical (unpaired) electrons. The molecule has 0 aliphatic heterocycles. The highest BCUT2D eigenvalue weighted by molar-refractivity contribution is 7.17. The second kappa shape index (κ2) is 6.76. The maximum absolute atomic E-state index is 12.6. The number of aryl methyl sites for hydroxylation is 4. The Labute approximate surface area is 155 Å². The summed E-state index contributed by atoms with van der Waals surface area (Å²) in [4.78, 5) is 25.7. The van der Waals surface area contributed by atoms with Crippen molar-refractivity contribution in [2.45, 2.75) is 27.7 Å². The maximum atomic E-state index is 12.6. The van der Waals surface area contributed by atoms with E-state index in [1.807, 2.05) is 38.1 Å². The van der Waals surface area contributed by atoms with Crippen molar-refractivity contribution in [3.05, 3.63) is 57.3 Å². The molecule has 2 amide bonds. The quantitative estimate of drug-likeness (QED) is 0.726. The third-order valence-corrected chi connectivity index (χ3v) is 5.18. The van der Waals surface area contributed by atoms with Crippen LogP contribution in [0.25, 0.3) is 11.1 Å². The standard InChI is InChI=1S/C19H19N3O3S/c1-9-5-7-13(8-6-9)15-12(4)26-19(16(15)17(20)23)21-18(24)14-10(2)22-25-11(14)3/h5-8H,1-4H3,(H2,20,23)(H,21,24). The Morgan fingerprint density at radius 1 is 1.08 bits per heavy atom. The van der Waals surface area contributed by atoms with Crippen LogP contribution < -0.4 is 11.1 Å². The predicted octanol–water partition coefficient (Wildman–Crippen LogP) is 3.99. The fourth-order valence-electron chi connectivity index (χ4n) is 2.91. The summed E-state index contributed by atoms with van der Waals surface area (Å²) in [5.41, 5.74) is 9.56. The van der Waals surface area contributed by atoms with E-state index in [0.717, 1.165) is 21.6 Å². The van der Waals surface area contributed by atoms with Crippen LogP contribution in [0.4, 0.5) is 5.00 Å². The molecule has 3 rings (SSSR count). The lowest BCUT2D eigenvalue weighted by atomic mass is 10.00. The highest BCUT2D eigenvalue weighted by Crippen LogP contribution is 2.40. The number of anilines is 1. The molecule has 0 atom stereocenters. The molecule has 7 heteroatoms. The lowest BCUT2D eigenvalue weighted by Gasteiger charge is -2.07. The first kappa shape index (κ1) is 17.9. The van der Waals surface area contributed by atoms with E-state index < -0.39 is 5.91 Å². The summed E-state index contributed by atoms with van der Waals surface area (Å²) in [5.74, 6) is -0.535. The Kier molecular flexibility index (Phi) is 4.65. The molecule has 0 aliphatic rings. The van der Waals surface area contributed by atoms with Crippen LogP contribution in [-0.4, -0.2) is 17.0 Å². The number of primary amides is 1. The fraction of sp³-hybridized carbons (Fsp3) is 0.211. The molecule has 26 heavy (non-hydrogen) atoms. The number of rotatable bonds is 4. The van der Waals surface area contributed by atoms with E-state index in [4.69, 9.17) is 10.3 Å². The number of benzene rings is 1. The zero-order chi connectivity index (χ0) is 19.0. The van der Waals surface area contributed by atoms with Gasteiger partial charge in [0.05, 0.1) is 11.3 Å². The Balaban J connectivity index is 2.06. The Morgan fingerprint density at radius 3 is 2.27 bits per heavy atom. The molecule has 3 N–H and O–H groups in total. The maximum Gasteiger partial charge on any atom is 0.261 e. The average molecular weight is 369 g/mol. The van der Waals surface area contributed by atoms with Crippen LogP contribution in [-0.2, 0) is 0 Å². The zero-order valence-electron chi connectivity index (χ0n) is 15.0. The van der Waals surface area contributed by atoms with Crippen molar-refractivity contribution in [3.63, 3.8) is 0 Å².